The molecule has 0 spiro atoms. The van der Waals surface area contributed by atoms with Crippen molar-refractivity contribution in [3.63, 3.8) is 0 Å². The van der Waals surface area contributed by atoms with Crippen molar-refractivity contribution in [1.29, 1.82) is 0 Å². The standard InChI is InChI=1S/C14H13ClN4/c15-11-4-2-1-3-9(11)8-17-14-18-12-6-5-10(16)7-13(12)19-14/h1-7H,8,16H2,(H2,17,18,19). The summed E-state index contributed by atoms with van der Waals surface area (Å²) in [5.41, 5.74) is 9.28. The fourth-order valence-corrected chi connectivity index (χ4v) is 2.13. The molecule has 1 heterocycles. The van der Waals surface area contributed by atoms with Gasteiger partial charge in [-0.15, -0.1) is 0 Å². The van der Waals surface area contributed by atoms with Gasteiger partial charge in [0.2, 0.25) is 5.95 Å². The number of halogens is 1. The van der Waals surface area contributed by atoms with Crippen LogP contribution in [0.4, 0.5) is 11.6 Å². The molecule has 5 heteroatoms. The number of aromatic amines is 1. The lowest BCUT2D eigenvalue weighted by Crippen LogP contribution is -2.01. The maximum atomic E-state index is 6.10. The Bertz CT molecular complexity index is 720. The molecule has 4 nitrogen and oxygen atoms in total. The summed E-state index contributed by atoms with van der Waals surface area (Å²) in [5, 5.41) is 3.96. The number of nitrogen functional groups attached to an aromatic ring is 1. The number of nitrogens with one attached hydrogen (secondary N) is 2. The van der Waals surface area contributed by atoms with Crippen LogP contribution in [0.5, 0.6) is 0 Å². The topological polar surface area (TPSA) is 66.7 Å². The van der Waals surface area contributed by atoms with Crippen molar-refractivity contribution in [2.45, 2.75) is 6.54 Å². The normalized spacial score (nSPS) is 10.8. The van der Waals surface area contributed by atoms with Crippen molar-refractivity contribution in [2.75, 3.05) is 11.1 Å². The number of nitrogens with two attached hydrogens (primary N) is 1. The molecule has 0 saturated heterocycles. The molecule has 0 saturated carbocycles. The first-order chi connectivity index (χ1) is 9.22. The SMILES string of the molecule is Nc1ccc2nc(NCc3ccccc3Cl)[nH]c2c1. The summed E-state index contributed by atoms with van der Waals surface area (Å²) in [6, 6.07) is 13.3. The molecule has 0 radical (unpaired) electrons. The third kappa shape index (κ3) is 2.48. The van der Waals surface area contributed by atoms with Crippen LogP contribution in [0.3, 0.4) is 0 Å². The lowest BCUT2D eigenvalue weighted by atomic mass is 10.2. The molecule has 4 N–H and O–H groups in total. The average Bonchev–Trinajstić information content (AvgIpc) is 2.79. The Kier molecular flexibility index (Phi) is 3.01. The molecule has 0 bridgehead atoms. The van der Waals surface area contributed by atoms with Crippen LogP contribution >= 0.6 is 11.6 Å². The van der Waals surface area contributed by atoms with Crippen LogP contribution in [0.15, 0.2) is 42.5 Å². The monoisotopic (exact) mass is 272 g/mol. The Balaban J connectivity index is 1.80. The number of hydrogen-bond acceptors (Lipinski definition) is 3. The summed E-state index contributed by atoms with van der Waals surface area (Å²) in [7, 11) is 0. The fourth-order valence-electron chi connectivity index (χ4n) is 1.93. The number of hydrogen-bond donors (Lipinski definition) is 3. The van der Waals surface area contributed by atoms with Crippen molar-refractivity contribution in [3.8, 4) is 0 Å². The minimum atomic E-state index is 0.620. The van der Waals surface area contributed by atoms with Crippen LogP contribution in [0.2, 0.25) is 5.02 Å². The number of fused-ring (bicyclic) bond motifs is 1. The summed E-state index contributed by atoms with van der Waals surface area (Å²) in [6.45, 7) is 0.620. The molecule has 96 valence electrons. The second-order valence-electron chi connectivity index (χ2n) is 4.31. The summed E-state index contributed by atoms with van der Waals surface area (Å²) in [5.74, 6) is 0.709. The number of rotatable bonds is 3. The predicted octanol–water partition coefficient (Wildman–Crippen LogP) is 3.41. The van der Waals surface area contributed by atoms with E-state index in [1.54, 1.807) is 0 Å². The number of aromatic nitrogens is 2. The Hall–Kier alpha value is -2.20. The summed E-state index contributed by atoms with van der Waals surface area (Å²) >= 11 is 6.10. The van der Waals surface area contributed by atoms with Crippen molar-refractivity contribution in [1.82, 2.24) is 9.97 Å². The third-order valence-electron chi connectivity index (χ3n) is 2.91. The molecule has 0 fully saturated rings. The van der Waals surface area contributed by atoms with Gasteiger partial charge in [-0.3, -0.25) is 0 Å². The number of benzene rings is 2. The first-order valence-electron chi connectivity index (χ1n) is 5.95. The van der Waals surface area contributed by atoms with E-state index in [1.165, 1.54) is 0 Å². The van der Waals surface area contributed by atoms with Gasteiger partial charge >= 0.3 is 0 Å². The zero-order valence-electron chi connectivity index (χ0n) is 10.2. The molecule has 2 aromatic carbocycles. The number of nitrogens with zero attached hydrogens (tertiary/aromatic N) is 1. The Morgan fingerprint density at radius 1 is 1.21 bits per heavy atom. The highest BCUT2D eigenvalue weighted by Gasteiger charge is 2.04. The first kappa shape index (κ1) is 11.9. The zero-order chi connectivity index (χ0) is 13.2. The quantitative estimate of drug-likeness (QED) is 0.640. The number of imidazole rings is 1. The van der Waals surface area contributed by atoms with Crippen LogP contribution < -0.4 is 11.1 Å². The summed E-state index contributed by atoms with van der Waals surface area (Å²) in [6.07, 6.45) is 0. The van der Waals surface area contributed by atoms with Gasteiger partial charge < -0.3 is 16.0 Å². The van der Waals surface area contributed by atoms with Gasteiger partial charge in [0.05, 0.1) is 11.0 Å². The molecule has 0 atom stereocenters. The van der Waals surface area contributed by atoms with Crippen LogP contribution in [0.1, 0.15) is 5.56 Å². The Morgan fingerprint density at radius 3 is 2.89 bits per heavy atom. The molecule has 1 aromatic heterocycles. The molecule has 3 rings (SSSR count). The first-order valence-corrected chi connectivity index (χ1v) is 6.33. The molecule has 0 aliphatic rings. The van der Waals surface area contributed by atoms with Gasteiger partial charge in [0, 0.05) is 17.3 Å². The third-order valence-corrected chi connectivity index (χ3v) is 3.28. The molecule has 19 heavy (non-hydrogen) atoms. The minimum Gasteiger partial charge on any atom is -0.399 e. The summed E-state index contributed by atoms with van der Waals surface area (Å²) in [4.78, 5) is 7.61. The lowest BCUT2D eigenvalue weighted by molar-refractivity contribution is 1.10. The van der Waals surface area contributed by atoms with Crippen LogP contribution in [-0.4, -0.2) is 9.97 Å². The van der Waals surface area contributed by atoms with Gasteiger partial charge in [-0.2, -0.15) is 0 Å². The van der Waals surface area contributed by atoms with Crippen molar-refractivity contribution in [3.05, 3.63) is 53.1 Å². The molecule has 3 aromatic rings. The smallest absolute Gasteiger partial charge is 0.201 e. The average molecular weight is 273 g/mol. The van der Waals surface area contributed by atoms with E-state index in [4.69, 9.17) is 17.3 Å². The Morgan fingerprint density at radius 2 is 2.05 bits per heavy atom. The van der Waals surface area contributed by atoms with Crippen molar-refractivity contribution in [2.24, 2.45) is 0 Å². The van der Waals surface area contributed by atoms with E-state index in [-0.39, 0.29) is 0 Å². The molecule has 0 aliphatic heterocycles. The lowest BCUT2D eigenvalue weighted by Gasteiger charge is -2.04. The van der Waals surface area contributed by atoms with Gasteiger partial charge in [-0.25, -0.2) is 4.98 Å². The van der Waals surface area contributed by atoms with E-state index >= 15 is 0 Å². The van der Waals surface area contributed by atoms with Gasteiger partial charge in [0.1, 0.15) is 0 Å². The summed E-state index contributed by atoms with van der Waals surface area (Å²) < 4.78 is 0. The largest absolute Gasteiger partial charge is 0.399 e. The maximum absolute atomic E-state index is 6.10. The number of anilines is 2. The zero-order valence-corrected chi connectivity index (χ0v) is 10.9. The predicted molar refractivity (Wildman–Crippen MR) is 79.3 cm³/mol. The molecule has 0 unspecified atom stereocenters. The van der Waals surface area contributed by atoms with E-state index in [0.717, 1.165) is 21.6 Å². The van der Waals surface area contributed by atoms with Gasteiger partial charge in [0.15, 0.2) is 0 Å². The van der Waals surface area contributed by atoms with Crippen LogP contribution in [0.25, 0.3) is 11.0 Å². The number of H-pyrrole nitrogens is 1. The van der Waals surface area contributed by atoms with E-state index in [2.05, 4.69) is 15.3 Å². The van der Waals surface area contributed by atoms with Gasteiger partial charge in [-0.1, -0.05) is 29.8 Å². The highest BCUT2D eigenvalue weighted by atomic mass is 35.5. The second-order valence-corrected chi connectivity index (χ2v) is 4.71. The highest BCUT2D eigenvalue weighted by molar-refractivity contribution is 6.31. The van der Waals surface area contributed by atoms with Crippen LogP contribution in [-0.2, 0) is 6.54 Å². The fraction of sp³-hybridized carbons (Fsp3) is 0.0714. The minimum absolute atomic E-state index is 0.620. The van der Waals surface area contributed by atoms with Crippen molar-refractivity contribution >= 4 is 34.3 Å². The molecular weight excluding hydrogens is 260 g/mol. The molecular formula is C14H13ClN4. The van der Waals surface area contributed by atoms with Gasteiger partial charge in [0.25, 0.3) is 0 Å². The van der Waals surface area contributed by atoms with Crippen LogP contribution in [0, 0.1) is 0 Å². The van der Waals surface area contributed by atoms with E-state index in [0.29, 0.717) is 18.2 Å². The van der Waals surface area contributed by atoms with E-state index < -0.39 is 0 Å². The molecule has 0 amide bonds. The maximum Gasteiger partial charge on any atom is 0.201 e. The highest BCUT2D eigenvalue weighted by Crippen LogP contribution is 2.19. The Labute approximate surface area is 115 Å². The second kappa shape index (κ2) is 4.82. The van der Waals surface area contributed by atoms with E-state index in [1.807, 2.05) is 42.5 Å². The van der Waals surface area contributed by atoms with E-state index in [9.17, 15) is 0 Å². The van der Waals surface area contributed by atoms with Crippen molar-refractivity contribution < 1.29 is 0 Å². The molecule has 0 aliphatic carbocycles. The van der Waals surface area contributed by atoms with Gasteiger partial charge in [-0.05, 0) is 29.8 Å².